The van der Waals surface area contributed by atoms with Gasteiger partial charge in [-0.25, -0.2) is 0 Å². The van der Waals surface area contributed by atoms with Gasteiger partial charge in [0.05, 0.1) is 4.91 Å². The molecule has 7 heteroatoms. The molecule has 0 spiro atoms. The van der Waals surface area contributed by atoms with Crippen molar-refractivity contribution in [3.8, 4) is 0 Å². The molecule has 0 aliphatic carbocycles. The Morgan fingerprint density at radius 1 is 1.23 bits per heavy atom. The summed E-state index contributed by atoms with van der Waals surface area (Å²) in [7, 11) is 2.10. The Kier molecular flexibility index (Phi) is 4.78. The summed E-state index contributed by atoms with van der Waals surface area (Å²) >= 11 is 13.5. The summed E-state index contributed by atoms with van der Waals surface area (Å²) in [4.78, 5) is 21.3. The number of piperazine rings is 1. The highest BCUT2D eigenvalue weighted by atomic mass is 35.5. The topological polar surface area (TPSA) is 35.9 Å². The molecule has 1 saturated heterocycles. The van der Waals surface area contributed by atoms with Gasteiger partial charge in [-0.3, -0.25) is 4.79 Å². The lowest BCUT2D eigenvalue weighted by atomic mass is 10.2. The van der Waals surface area contributed by atoms with Gasteiger partial charge in [0.1, 0.15) is 0 Å². The third kappa shape index (κ3) is 3.49. The molecule has 4 nitrogen and oxygen atoms in total. The molecule has 0 unspecified atom stereocenters. The highest BCUT2D eigenvalue weighted by Crippen LogP contribution is 2.32. The molecule has 0 atom stereocenters. The van der Waals surface area contributed by atoms with Crippen LogP contribution in [0.15, 0.2) is 28.1 Å². The van der Waals surface area contributed by atoms with Crippen LogP contribution in [0.3, 0.4) is 0 Å². The zero-order valence-electron chi connectivity index (χ0n) is 12.1. The molecule has 0 bridgehead atoms. The molecule has 0 aromatic heterocycles. The smallest absolute Gasteiger partial charge is 0.286 e. The fourth-order valence-electron chi connectivity index (χ4n) is 2.29. The number of carbonyl (C=O) groups is 1. The molecular formula is C15H15Cl2N3OS. The quantitative estimate of drug-likeness (QED) is 0.724. The van der Waals surface area contributed by atoms with Crippen LogP contribution in [0.5, 0.6) is 0 Å². The van der Waals surface area contributed by atoms with Gasteiger partial charge < -0.3 is 9.80 Å². The minimum Gasteiger partial charge on any atom is -0.348 e. The van der Waals surface area contributed by atoms with Crippen LogP contribution in [-0.2, 0) is 4.79 Å². The Bertz CT molecular complexity index is 667. The average molecular weight is 356 g/mol. The van der Waals surface area contributed by atoms with Crippen LogP contribution in [0.4, 0.5) is 0 Å². The van der Waals surface area contributed by atoms with E-state index in [0.717, 1.165) is 36.9 Å². The summed E-state index contributed by atoms with van der Waals surface area (Å²) in [5.74, 6) is -0.204. The van der Waals surface area contributed by atoms with Gasteiger partial charge in [-0.05, 0) is 42.6 Å². The first kappa shape index (κ1) is 15.9. The lowest BCUT2D eigenvalue weighted by Crippen LogP contribution is -2.46. The fourth-order valence-corrected chi connectivity index (χ4v) is 3.71. The van der Waals surface area contributed by atoms with Crippen molar-refractivity contribution in [2.45, 2.75) is 0 Å². The molecule has 2 aliphatic heterocycles. The molecule has 3 rings (SSSR count). The number of rotatable bonds is 1. The van der Waals surface area contributed by atoms with Crippen molar-refractivity contribution in [3.63, 3.8) is 0 Å². The number of amidine groups is 1. The largest absolute Gasteiger partial charge is 0.348 e. The van der Waals surface area contributed by atoms with E-state index >= 15 is 0 Å². The molecule has 2 heterocycles. The molecule has 0 radical (unpaired) electrons. The van der Waals surface area contributed by atoms with E-state index in [1.165, 1.54) is 11.8 Å². The molecule has 1 fully saturated rings. The Labute approximate surface area is 143 Å². The van der Waals surface area contributed by atoms with Crippen LogP contribution in [0.25, 0.3) is 6.08 Å². The number of benzene rings is 1. The van der Waals surface area contributed by atoms with Crippen molar-refractivity contribution in [2.24, 2.45) is 4.99 Å². The number of amides is 1. The van der Waals surface area contributed by atoms with Crippen molar-refractivity contribution in [2.75, 3.05) is 33.2 Å². The lowest BCUT2D eigenvalue weighted by molar-refractivity contribution is -0.113. The average Bonchev–Trinajstić information content (AvgIpc) is 2.84. The Morgan fingerprint density at radius 2 is 1.95 bits per heavy atom. The standard InChI is InChI=1S/C15H15Cl2N3OS/c1-19-4-6-20(7-5-19)15-18-14(21)13(22-15)8-10-2-3-11(16)9-12(10)17/h2-3,8-9H,4-7H2,1H3/b13-8-. The summed E-state index contributed by atoms with van der Waals surface area (Å²) in [6.07, 6.45) is 1.78. The van der Waals surface area contributed by atoms with Gasteiger partial charge in [0, 0.05) is 36.2 Å². The first-order chi connectivity index (χ1) is 10.5. The maximum Gasteiger partial charge on any atom is 0.286 e. The molecule has 0 saturated carbocycles. The van der Waals surface area contributed by atoms with Crippen LogP contribution < -0.4 is 0 Å². The molecule has 22 heavy (non-hydrogen) atoms. The Balaban J connectivity index is 1.75. The molecular weight excluding hydrogens is 341 g/mol. The molecule has 1 amide bonds. The summed E-state index contributed by atoms with van der Waals surface area (Å²) in [5, 5.41) is 1.89. The van der Waals surface area contributed by atoms with Crippen LogP contribution in [0.2, 0.25) is 10.0 Å². The summed E-state index contributed by atoms with van der Waals surface area (Å²) < 4.78 is 0. The van der Waals surface area contributed by atoms with Crippen molar-refractivity contribution in [3.05, 3.63) is 38.7 Å². The molecule has 1 aromatic carbocycles. The van der Waals surface area contributed by atoms with E-state index in [9.17, 15) is 4.79 Å². The third-order valence-corrected chi connectivity index (χ3v) is 5.24. The fraction of sp³-hybridized carbons (Fsp3) is 0.333. The molecule has 116 valence electrons. The van der Waals surface area contributed by atoms with Gasteiger partial charge in [0.2, 0.25) is 0 Å². The number of likely N-dealkylation sites (N-methyl/N-ethyl adjacent to an activating group) is 1. The second kappa shape index (κ2) is 6.62. The van der Waals surface area contributed by atoms with Crippen molar-refractivity contribution in [1.29, 1.82) is 0 Å². The van der Waals surface area contributed by atoms with E-state index in [4.69, 9.17) is 23.2 Å². The van der Waals surface area contributed by atoms with E-state index < -0.39 is 0 Å². The van der Waals surface area contributed by atoms with Gasteiger partial charge in [-0.15, -0.1) is 0 Å². The van der Waals surface area contributed by atoms with Crippen molar-refractivity contribution >= 4 is 52.1 Å². The highest BCUT2D eigenvalue weighted by Gasteiger charge is 2.27. The van der Waals surface area contributed by atoms with Gasteiger partial charge >= 0.3 is 0 Å². The molecule has 1 aromatic rings. The van der Waals surface area contributed by atoms with E-state index in [0.29, 0.717) is 15.0 Å². The first-order valence-corrected chi connectivity index (χ1v) is 8.51. The van der Waals surface area contributed by atoms with Gasteiger partial charge in [-0.1, -0.05) is 29.3 Å². The maximum absolute atomic E-state index is 12.1. The second-order valence-electron chi connectivity index (χ2n) is 5.27. The van der Waals surface area contributed by atoms with Crippen molar-refractivity contribution in [1.82, 2.24) is 9.80 Å². The normalized spacial score (nSPS) is 21.6. The number of halogens is 2. The SMILES string of the molecule is CN1CCN(C2=NC(=O)/C(=C/c3ccc(Cl)cc3Cl)S2)CC1. The maximum atomic E-state index is 12.1. The Morgan fingerprint density at radius 3 is 2.64 bits per heavy atom. The van der Waals surface area contributed by atoms with Gasteiger partial charge in [-0.2, -0.15) is 4.99 Å². The minimum atomic E-state index is -0.204. The lowest BCUT2D eigenvalue weighted by Gasteiger charge is -2.32. The number of thioether (sulfide) groups is 1. The number of hydrogen-bond acceptors (Lipinski definition) is 4. The van der Waals surface area contributed by atoms with E-state index in [2.05, 4.69) is 21.8 Å². The predicted molar refractivity (Wildman–Crippen MR) is 93.5 cm³/mol. The second-order valence-corrected chi connectivity index (χ2v) is 7.12. The first-order valence-electron chi connectivity index (χ1n) is 6.94. The highest BCUT2D eigenvalue weighted by molar-refractivity contribution is 8.18. The van der Waals surface area contributed by atoms with E-state index in [-0.39, 0.29) is 5.91 Å². The zero-order valence-corrected chi connectivity index (χ0v) is 14.4. The van der Waals surface area contributed by atoms with Crippen LogP contribution in [0, 0.1) is 0 Å². The third-order valence-electron chi connectivity index (χ3n) is 3.63. The number of aliphatic imine (C=N–C) groups is 1. The summed E-state index contributed by atoms with van der Waals surface area (Å²) in [6, 6.07) is 5.23. The van der Waals surface area contributed by atoms with Gasteiger partial charge in [0.15, 0.2) is 5.17 Å². The minimum absolute atomic E-state index is 0.204. The summed E-state index contributed by atoms with van der Waals surface area (Å²) in [5.41, 5.74) is 0.775. The van der Waals surface area contributed by atoms with E-state index in [1.54, 1.807) is 24.3 Å². The monoisotopic (exact) mass is 355 g/mol. The predicted octanol–water partition coefficient (Wildman–Crippen LogP) is 3.21. The number of hydrogen-bond donors (Lipinski definition) is 0. The summed E-state index contributed by atoms with van der Waals surface area (Å²) in [6.45, 7) is 3.75. The van der Waals surface area contributed by atoms with Crippen LogP contribution in [0.1, 0.15) is 5.56 Å². The molecule has 2 aliphatic rings. The van der Waals surface area contributed by atoms with Crippen LogP contribution >= 0.6 is 35.0 Å². The van der Waals surface area contributed by atoms with Gasteiger partial charge in [0.25, 0.3) is 5.91 Å². The number of carbonyl (C=O) groups excluding carboxylic acids is 1. The number of nitrogens with zero attached hydrogens (tertiary/aromatic N) is 3. The van der Waals surface area contributed by atoms with E-state index in [1.807, 2.05) is 0 Å². The Hall–Kier alpha value is -1.01. The van der Waals surface area contributed by atoms with Crippen LogP contribution in [-0.4, -0.2) is 54.1 Å². The zero-order chi connectivity index (χ0) is 15.7. The molecule has 0 N–H and O–H groups in total. The van der Waals surface area contributed by atoms with Crippen molar-refractivity contribution < 1.29 is 4.79 Å².